The number of halogens is 2. The van der Waals surface area contributed by atoms with Gasteiger partial charge in [-0.15, -0.1) is 0 Å². The molecule has 0 fully saturated rings. The minimum absolute atomic E-state index is 0.0677. The molecule has 0 heterocycles. The highest BCUT2D eigenvalue weighted by Crippen LogP contribution is 2.31. The zero-order valence-corrected chi connectivity index (χ0v) is 10.9. The minimum Gasteiger partial charge on any atom is -0.481 e. The van der Waals surface area contributed by atoms with Gasteiger partial charge in [-0.25, -0.2) is 4.39 Å². The number of nitrogens with zero attached hydrogens (tertiary/aromatic N) is 1. The van der Waals surface area contributed by atoms with E-state index < -0.39 is 28.4 Å². The molecule has 1 atom stereocenters. The Labute approximate surface area is 110 Å². The molecule has 18 heavy (non-hydrogen) atoms. The Morgan fingerprint density at radius 3 is 2.78 bits per heavy atom. The first-order valence-corrected chi connectivity index (χ1v) is 5.72. The number of nitro benzene ring substituents is 1. The fourth-order valence-electron chi connectivity index (χ4n) is 1.38. The maximum Gasteiger partial charge on any atom is 0.305 e. The van der Waals surface area contributed by atoms with Crippen molar-refractivity contribution >= 4 is 33.3 Å². The zero-order valence-electron chi connectivity index (χ0n) is 9.31. The predicted molar refractivity (Wildman–Crippen MR) is 66.1 cm³/mol. The smallest absolute Gasteiger partial charge is 0.305 e. The Morgan fingerprint density at radius 1 is 1.67 bits per heavy atom. The van der Waals surface area contributed by atoms with E-state index in [0.717, 1.165) is 6.07 Å². The fraction of sp³-hybridized carbons (Fsp3) is 0.300. The van der Waals surface area contributed by atoms with Gasteiger partial charge in [0.25, 0.3) is 5.69 Å². The Bertz CT molecular complexity index is 495. The van der Waals surface area contributed by atoms with Gasteiger partial charge in [0.2, 0.25) is 0 Å². The molecule has 0 aliphatic rings. The molecular formula is C10H10BrFN2O4. The molecular weight excluding hydrogens is 311 g/mol. The molecule has 8 heteroatoms. The lowest BCUT2D eigenvalue weighted by Crippen LogP contribution is -2.20. The van der Waals surface area contributed by atoms with Crippen LogP contribution in [0.25, 0.3) is 0 Å². The van der Waals surface area contributed by atoms with Crippen molar-refractivity contribution in [3.8, 4) is 0 Å². The molecule has 0 bridgehead atoms. The van der Waals surface area contributed by atoms with Gasteiger partial charge in [0.05, 0.1) is 21.9 Å². The topological polar surface area (TPSA) is 92.5 Å². The Morgan fingerprint density at radius 2 is 2.28 bits per heavy atom. The van der Waals surface area contributed by atoms with Crippen LogP contribution in [0.15, 0.2) is 16.6 Å². The summed E-state index contributed by atoms with van der Waals surface area (Å²) >= 11 is 2.92. The van der Waals surface area contributed by atoms with E-state index in [1.807, 2.05) is 0 Å². The van der Waals surface area contributed by atoms with Crippen LogP contribution < -0.4 is 5.32 Å². The second-order valence-corrected chi connectivity index (χ2v) is 4.54. The van der Waals surface area contributed by atoms with E-state index >= 15 is 0 Å². The van der Waals surface area contributed by atoms with Crippen LogP contribution in [0.4, 0.5) is 15.8 Å². The molecule has 1 aromatic rings. The molecule has 0 saturated carbocycles. The number of carboxylic acids is 1. The number of carboxylic acid groups (broad SMARTS) is 1. The summed E-state index contributed by atoms with van der Waals surface area (Å²) in [6.07, 6.45) is -0.202. The summed E-state index contributed by atoms with van der Waals surface area (Å²) < 4.78 is 13.3. The summed E-state index contributed by atoms with van der Waals surface area (Å²) in [5.74, 6) is -1.78. The monoisotopic (exact) mass is 320 g/mol. The number of rotatable bonds is 5. The number of nitrogens with one attached hydrogen (secondary N) is 1. The molecule has 0 saturated heterocycles. The highest BCUT2D eigenvalue weighted by molar-refractivity contribution is 9.10. The van der Waals surface area contributed by atoms with E-state index in [1.165, 1.54) is 6.07 Å². The SMILES string of the molecule is CC(CC(=O)O)Nc1cc(Br)c(F)cc1[N+](=O)[O-]. The molecule has 0 aliphatic heterocycles. The molecule has 98 valence electrons. The average molecular weight is 321 g/mol. The largest absolute Gasteiger partial charge is 0.481 e. The summed E-state index contributed by atoms with van der Waals surface area (Å²) in [5, 5.41) is 22.0. The summed E-state index contributed by atoms with van der Waals surface area (Å²) in [5.41, 5.74) is -0.366. The molecule has 1 aromatic carbocycles. The van der Waals surface area contributed by atoms with Gasteiger partial charge in [-0.1, -0.05) is 0 Å². The molecule has 1 unspecified atom stereocenters. The number of hydrogen-bond donors (Lipinski definition) is 2. The van der Waals surface area contributed by atoms with E-state index in [-0.39, 0.29) is 16.6 Å². The quantitative estimate of drug-likeness (QED) is 0.642. The second-order valence-electron chi connectivity index (χ2n) is 3.68. The lowest BCUT2D eigenvalue weighted by molar-refractivity contribution is -0.384. The lowest BCUT2D eigenvalue weighted by Gasteiger charge is -2.13. The van der Waals surface area contributed by atoms with Crippen LogP contribution >= 0.6 is 15.9 Å². The predicted octanol–water partition coefficient (Wildman–Crippen LogP) is 2.77. The van der Waals surface area contributed by atoms with Gasteiger partial charge in [0.15, 0.2) is 0 Å². The Kier molecular flexibility index (Phi) is 4.60. The summed E-state index contributed by atoms with van der Waals surface area (Å²) in [6, 6.07) is 1.48. The second kappa shape index (κ2) is 5.76. The van der Waals surface area contributed by atoms with Crippen LogP contribution in [0, 0.1) is 15.9 Å². The van der Waals surface area contributed by atoms with E-state index in [1.54, 1.807) is 6.92 Å². The van der Waals surface area contributed by atoms with Gasteiger partial charge in [-0.3, -0.25) is 14.9 Å². The normalized spacial score (nSPS) is 11.9. The molecule has 0 radical (unpaired) electrons. The number of aliphatic carboxylic acids is 1. The highest BCUT2D eigenvalue weighted by Gasteiger charge is 2.19. The van der Waals surface area contributed by atoms with Crippen molar-refractivity contribution in [2.75, 3.05) is 5.32 Å². The van der Waals surface area contributed by atoms with Crippen LogP contribution in [0.3, 0.4) is 0 Å². The third-order valence-electron chi connectivity index (χ3n) is 2.12. The van der Waals surface area contributed by atoms with Crippen LogP contribution in [0.2, 0.25) is 0 Å². The Balaban J connectivity index is 3.03. The highest BCUT2D eigenvalue weighted by atomic mass is 79.9. The van der Waals surface area contributed by atoms with E-state index in [0.29, 0.717) is 0 Å². The molecule has 6 nitrogen and oxygen atoms in total. The van der Waals surface area contributed by atoms with Gasteiger partial charge in [-0.05, 0) is 28.9 Å². The molecule has 2 N–H and O–H groups in total. The average Bonchev–Trinajstić information content (AvgIpc) is 2.21. The zero-order chi connectivity index (χ0) is 13.9. The number of nitro groups is 1. The first kappa shape index (κ1) is 14.4. The third-order valence-corrected chi connectivity index (χ3v) is 2.73. The standard InChI is InChI=1S/C10H10BrFN2O4/c1-5(2-10(15)16)13-8-3-6(11)7(12)4-9(8)14(17)18/h3-5,13H,2H2,1H3,(H,15,16). The van der Waals surface area contributed by atoms with Crippen molar-refractivity contribution in [3.63, 3.8) is 0 Å². The van der Waals surface area contributed by atoms with Gasteiger partial charge in [0, 0.05) is 6.04 Å². The molecule has 0 aliphatic carbocycles. The maximum absolute atomic E-state index is 13.2. The Hall–Kier alpha value is -1.70. The van der Waals surface area contributed by atoms with Crippen molar-refractivity contribution in [3.05, 3.63) is 32.5 Å². The van der Waals surface area contributed by atoms with Gasteiger partial charge < -0.3 is 10.4 Å². The number of anilines is 1. The van der Waals surface area contributed by atoms with Crippen LogP contribution in [0.1, 0.15) is 13.3 Å². The minimum atomic E-state index is -1.03. The van der Waals surface area contributed by atoms with Gasteiger partial charge in [0.1, 0.15) is 11.5 Å². The van der Waals surface area contributed by atoms with Crippen molar-refractivity contribution in [1.29, 1.82) is 0 Å². The van der Waals surface area contributed by atoms with Crippen LogP contribution in [-0.4, -0.2) is 22.0 Å². The maximum atomic E-state index is 13.2. The fourth-order valence-corrected chi connectivity index (χ4v) is 1.72. The number of hydrogen-bond acceptors (Lipinski definition) is 4. The molecule has 0 amide bonds. The van der Waals surface area contributed by atoms with E-state index in [2.05, 4.69) is 21.2 Å². The molecule has 1 rings (SSSR count). The number of benzene rings is 1. The van der Waals surface area contributed by atoms with E-state index in [9.17, 15) is 19.3 Å². The van der Waals surface area contributed by atoms with Crippen LogP contribution in [-0.2, 0) is 4.79 Å². The molecule has 0 aromatic heterocycles. The summed E-state index contributed by atoms with van der Waals surface area (Å²) in [6.45, 7) is 1.56. The molecule has 0 spiro atoms. The van der Waals surface area contributed by atoms with Crippen molar-refractivity contribution < 1.29 is 19.2 Å². The first-order chi connectivity index (χ1) is 8.31. The lowest BCUT2D eigenvalue weighted by atomic mass is 10.2. The summed E-state index contributed by atoms with van der Waals surface area (Å²) in [4.78, 5) is 20.5. The van der Waals surface area contributed by atoms with Crippen LogP contribution in [0.5, 0.6) is 0 Å². The van der Waals surface area contributed by atoms with Crippen molar-refractivity contribution in [2.45, 2.75) is 19.4 Å². The van der Waals surface area contributed by atoms with Crippen molar-refractivity contribution in [1.82, 2.24) is 0 Å². The summed E-state index contributed by atoms with van der Waals surface area (Å²) in [7, 11) is 0. The first-order valence-electron chi connectivity index (χ1n) is 4.93. The van der Waals surface area contributed by atoms with E-state index in [4.69, 9.17) is 5.11 Å². The van der Waals surface area contributed by atoms with Crippen molar-refractivity contribution in [2.24, 2.45) is 0 Å². The van der Waals surface area contributed by atoms with Gasteiger partial charge >= 0.3 is 5.97 Å². The van der Waals surface area contributed by atoms with Gasteiger partial charge in [-0.2, -0.15) is 0 Å². The number of carbonyl (C=O) groups is 1. The third kappa shape index (κ3) is 3.66.